The van der Waals surface area contributed by atoms with Crippen molar-refractivity contribution in [3.63, 3.8) is 0 Å². The van der Waals surface area contributed by atoms with E-state index < -0.39 is 10.2 Å². The molecule has 0 saturated heterocycles. The van der Waals surface area contributed by atoms with Gasteiger partial charge in [-0.3, -0.25) is 0 Å². The molecule has 1 aliphatic heterocycles. The van der Waals surface area contributed by atoms with Gasteiger partial charge < -0.3 is 0 Å². The summed E-state index contributed by atoms with van der Waals surface area (Å²) in [6.07, 6.45) is 6.65. The van der Waals surface area contributed by atoms with Gasteiger partial charge in [-0.25, -0.2) is 23.2 Å². The number of halogens is 2. The van der Waals surface area contributed by atoms with Crippen LogP contribution in [-0.4, -0.2) is 17.3 Å². The SMILES string of the molecule is CC1=[N+](C)c2ccc(Cl)cc2C12CCCCC2.[O-][Cl+3]([O-])([O-])[O-]. The van der Waals surface area contributed by atoms with E-state index in [1.165, 1.54) is 49.1 Å². The van der Waals surface area contributed by atoms with Crippen LogP contribution in [0.2, 0.25) is 5.02 Å². The lowest BCUT2D eigenvalue weighted by molar-refractivity contribution is -2.00. The van der Waals surface area contributed by atoms with Crippen molar-refractivity contribution in [1.82, 2.24) is 0 Å². The predicted molar refractivity (Wildman–Crippen MR) is 72.7 cm³/mol. The summed E-state index contributed by atoms with van der Waals surface area (Å²) < 4.78 is 36.3. The maximum Gasteiger partial charge on any atom is 0.209 e. The van der Waals surface area contributed by atoms with Gasteiger partial charge in [-0.2, -0.15) is 0 Å². The van der Waals surface area contributed by atoms with Gasteiger partial charge in [0.2, 0.25) is 5.69 Å². The molecule has 0 N–H and O–H groups in total. The number of hydrogen-bond acceptors (Lipinski definition) is 4. The van der Waals surface area contributed by atoms with Gasteiger partial charge >= 0.3 is 0 Å². The molecule has 5 nitrogen and oxygen atoms in total. The van der Waals surface area contributed by atoms with Crippen LogP contribution in [0.3, 0.4) is 0 Å². The van der Waals surface area contributed by atoms with Crippen LogP contribution >= 0.6 is 11.6 Å². The van der Waals surface area contributed by atoms with Crippen LogP contribution < -0.4 is 18.6 Å². The van der Waals surface area contributed by atoms with E-state index in [1.54, 1.807) is 0 Å². The van der Waals surface area contributed by atoms with Crippen molar-refractivity contribution in [3.05, 3.63) is 28.8 Å². The van der Waals surface area contributed by atoms with E-state index in [0.29, 0.717) is 0 Å². The van der Waals surface area contributed by atoms with Crippen molar-refractivity contribution in [2.24, 2.45) is 0 Å². The summed E-state index contributed by atoms with van der Waals surface area (Å²) in [5.41, 5.74) is 4.61. The van der Waals surface area contributed by atoms with E-state index in [9.17, 15) is 0 Å². The van der Waals surface area contributed by atoms with Crippen molar-refractivity contribution >= 4 is 23.0 Å². The minimum Gasteiger partial charge on any atom is -0.222 e. The molecule has 1 heterocycles. The van der Waals surface area contributed by atoms with E-state index in [2.05, 4.69) is 30.7 Å². The van der Waals surface area contributed by atoms with Gasteiger partial charge in [-0.1, -0.05) is 30.9 Å². The second kappa shape index (κ2) is 6.43. The number of nitrogens with zero attached hydrogens (tertiary/aromatic N) is 1. The Bertz CT molecular complexity index is 584. The van der Waals surface area contributed by atoms with Gasteiger partial charge in [-0.05, 0) is 25.0 Å². The van der Waals surface area contributed by atoms with E-state index >= 15 is 0 Å². The molecule has 0 aromatic heterocycles. The molecule has 7 heteroatoms. The predicted octanol–water partition coefficient (Wildman–Crippen LogP) is -0.466. The Labute approximate surface area is 137 Å². The Morgan fingerprint density at radius 1 is 1.09 bits per heavy atom. The molecule has 1 aromatic carbocycles. The standard InChI is InChI=1S/C15H19ClN.ClHO4/c1-11-15(8-4-3-5-9-15)13-10-12(16)6-7-14(13)17(11)2;2-1(3,4)5/h6-7,10H,3-5,8-9H2,1-2H3;(H,2,3,4,5)/q+1;/p-1. The Hall–Kier alpha value is -0.690. The molecule has 0 amide bonds. The number of hydrogen-bond donors (Lipinski definition) is 0. The summed E-state index contributed by atoms with van der Waals surface area (Å²) in [5, 5.41) is 0.872. The van der Waals surface area contributed by atoms with Crippen LogP contribution in [0.5, 0.6) is 0 Å². The monoisotopic (exact) mass is 347 g/mol. The average molecular weight is 348 g/mol. The normalized spacial score (nSPS) is 19.8. The zero-order valence-corrected chi connectivity index (χ0v) is 14.1. The zero-order chi connectivity index (χ0) is 16.5. The Morgan fingerprint density at radius 3 is 2.18 bits per heavy atom. The smallest absolute Gasteiger partial charge is 0.209 e. The molecule has 2 aliphatic rings. The lowest BCUT2D eigenvalue weighted by atomic mass is 9.68. The summed E-state index contributed by atoms with van der Waals surface area (Å²) in [6, 6.07) is 6.37. The summed E-state index contributed by atoms with van der Waals surface area (Å²) >= 11 is 6.19. The summed E-state index contributed by atoms with van der Waals surface area (Å²) in [6.45, 7) is 2.29. The lowest BCUT2D eigenvalue weighted by Crippen LogP contribution is -2.68. The Balaban J connectivity index is 0.000000309. The first kappa shape index (κ1) is 17.7. The fourth-order valence-electron chi connectivity index (χ4n) is 3.67. The lowest BCUT2D eigenvalue weighted by Gasteiger charge is -2.31. The second-order valence-corrected chi connectivity index (χ2v) is 7.02. The van der Waals surface area contributed by atoms with Crippen LogP contribution in [0.25, 0.3) is 0 Å². The van der Waals surface area contributed by atoms with Crippen LogP contribution in [-0.2, 0) is 5.41 Å². The zero-order valence-electron chi connectivity index (χ0n) is 12.6. The molecule has 0 radical (unpaired) electrons. The van der Waals surface area contributed by atoms with Crippen LogP contribution in [0.4, 0.5) is 5.69 Å². The molecule has 122 valence electrons. The van der Waals surface area contributed by atoms with Crippen molar-refractivity contribution < 1.29 is 33.5 Å². The molecular formula is C15H19Cl2NO4. The van der Waals surface area contributed by atoms with Crippen LogP contribution in [0.1, 0.15) is 44.6 Å². The van der Waals surface area contributed by atoms with E-state index in [4.69, 9.17) is 30.2 Å². The molecule has 1 aromatic rings. The van der Waals surface area contributed by atoms with Gasteiger partial charge in [0.05, 0.1) is 5.41 Å². The van der Waals surface area contributed by atoms with Crippen molar-refractivity contribution in [2.45, 2.75) is 44.4 Å². The molecule has 22 heavy (non-hydrogen) atoms. The van der Waals surface area contributed by atoms with Crippen LogP contribution in [0.15, 0.2) is 18.2 Å². The molecule has 3 rings (SSSR count). The maximum atomic E-state index is 8.49. The molecule has 1 fully saturated rings. The fraction of sp³-hybridized carbons (Fsp3) is 0.533. The third-order valence-electron chi connectivity index (χ3n) is 4.74. The molecule has 0 atom stereocenters. The highest BCUT2D eigenvalue weighted by Crippen LogP contribution is 2.48. The molecule has 1 spiro atoms. The highest BCUT2D eigenvalue weighted by molar-refractivity contribution is 6.30. The topological polar surface area (TPSA) is 95.2 Å². The molecule has 1 saturated carbocycles. The second-order valence-electron chi connectivity index (χ2n) is 5.83. The summed E-state index contributed by atoms with van der Waals surface area (Å²) in [4.78, 5) is 0. The minimum atomic E-state index is -4.94. The van der Waals surface area contributed by atoms with Crippen LogP contribution in [0, 0.1) is 10.2 Å². The number of rotatable bonds is 0. The van der Waals surface area contributed by atoms with Gasteiger partial charge in [0.1, 0.15) is 7.05 Å². The summed E-state index contributed by atoms with van der Waals surface area (Å²) in [7, 11) is -2.76. The first-order valence-corrected chi connectivity index (χ1v) is 8.76. The van der Waals surface area contributed by atoms with Crippen molar-refractivity contribution in [3.8, 4) is 0 Å². The van der Waals surface area contributed by atoms with Gasteiger partial charge in [-0.15, -0.1) is 10.2 Å². The minimum absolute atomic E-state index is 0.285. The molecular weight excluding hydrogens is 329 g/mol. The molecule has 1 aliphatic carbocycles. The first-order chi connectivity index (χ1) is 10.1. The van der Waals surface area contributed by atoms with Gasteiger partial charge in [0.15, 0.2) is 5.71 Å². The quantitative estimate of drug-likeness (QED) is 0.593. The highest BCUT2D eigenvalue weighted by atomic mass is 35.7. The number of fused-ring (bicyclic) bond motifs is 2. The van der Waals surface area contributed by atoms with Gasteiger partial charge in [0, 0.05) is 23.6 Å². The fourth-order valence-corrected chi connectivity index (χ4v) is 3.84. The van der Waals surface area contributed by atoms with E-state index in [-0.39, 0.29) is 5.41 Å². The molecule has 0 unspecified atom stereocenters. The maximum absolute atomic E-state index is 8.49. The third kappa shape index (κ3) is 3.62. The van der Waals surface area contributed by atoms with Gasteiger partial charge in [0.25, 0.3) is 0 Å². The van der Waals surface area contributed by atoms with E-state index in [1.807, 2.05) is 6.07 Å². The first-order valence-electron chi connectivity index (χ1n) is 7.15. The summed E-state index contributed by atoms with van der Waals surface area (Å²) in [5.74, 6) is 0. The number of benzene rings is 1. The molecule has 0 bridgehead atoms. The highest BCUT2D eigenvalue weighted by Gasteiger charge is 2.49. The Morgan fingerprint density at radius 2 is 1.64 bits per heavy atom. The largest absolute Gasteiger partial charge is 0.222 e. The average Bonchev–Trinajstić information content (AvgIpc) is 2.61. The van der Waals surface area contributed by atoms with Crippen molar-refractivity contribution in [2.75, 3.05) is 7.05 Å². The Kier molecular flexibility index (Phi) is 5.16. The van der Waals surface area contributed by atoms with E-state index in [0.717, 1.165) is 5.02 Å². The third-order valence-corrected chi connectivity index (χ3v) is 4.97. The van der Waals surface area contributed by atoms with Crippen molar-refractivity contribution in [1.29, 1.82) is 0 Å².